The minimum absolute atomic E-state index is 0.0745. The second kappa shape index (κ2) is 9.85. The molecule has 1 aromatic heterocycles. The molecular weight excluding hydrogens is 530 g/mol. The van der Waals surface area contributed by atoms with Crippen molar-refractivity contribution in [1.82, 2.24) is 0 Å². The molecule has 5 rings (SSSR count). The van der Waals surface area contributed by atoms with Crippen LogP contribution in [0.15, 0.2) is 61.1 Å². The van der Waals surface area contributed by atoms with E-state index in [1.165, 1.54) is 6.42 Å². The number of aliphatic imine (C=N–C) groups is 1. The molecule has 0 saturated heterocycles. The van der Waals surface area contributed by atoms with E-state index in [0.29, 0.717) is 21.6 Å². The Kier molecular flexibility index (Phi) is 6.65. The number of nitrogens with zero attached hydrogens (tertiary/aromatic N) is 3. The summed E-state index contributed by atoms with van der Waals surface area (Å²) in [5.74, 6) is -1.24. The Morgan fingerprint density at radius 2 is 1.77 bits per heavy atom. The maximum Gasteiger partial charge on any atom is 0.254 e. The Morgan fingerprint density at radius 3 is 2.46 bits per heavy atom. The monoisotopic (exact) mass is 549 g/mol. The van der Waals surface area contributed by atoms with Crippen molar-refractivity contribution in [2.75, 3.05) is 0 Å². The van der Waals surface area contributed by atoms with Crippen LogP contribution in [-0.2, 0) is 4.74 Å². The van der Waals surface area contributed by atoms with Gasteiger partial charge in [0.15, 0.2) is 5.76 Å². The standard InChI is InChI=1S/C27H21BrClN3O3/c28-17-8-6-15(7-9-17)22(16(13-30)14-31)25-23-24(33)20-12-18(29)10-11-21(20)34-26(23)27(35-25)32-19-4-2-1-3-5-19/h6-12,16,19,22,25H,1-5H2/t22-,25-/m1/s1. The quantitative estimate of drug-likeness (QED) is 0.355. The van der Waals surface area contributed by atoms with Gasteiger partial charge in [0.25, 0.3) is 5.90 Å². The van der Waals surface area contributed by atoms with E-state index in [1.54, 1.807) is 18.2 Å². The van der Waals surface area contributed by atoms with Crippen molar-refractivity contribution < 1.29 is 9.15 Å². The van der Waals surface area contributed by atoms with Gasteiger partial charge in [0.1, 0.15) is 17.6 Å². The van der Waals surface area contributed by atoms with E-state index in [2.05, 4.69) is 28.1 Å². The average Bonchev–Trinajstić information content (AvgIpc) is 3.22. The molecule has 1 aliphatic heterocycles. The van der Waals surface area contributed by atoms with Crippen LogP contribution in [0.25, 0.3) is 11.0 Å². The van der Waals surface area contributed by atoms with Gasteiger partial charge in [-0.25, -0.2) is 4.99 Å². The number of hydrogen-bond donors (Lipinski definition) is 0. The van der Waals surface area contributed by atoms with Gasteiger partial charge in [-0.05, 0) is 48.7 Å². The highest BCUT2D eigenvalue weighted by Crippen LogP contribution is 2.45. The highest BCUT2D eigenvalue weighted by atomic mass is 79.9. The molecule has 0 unspecified atom stereocenters. The third kappa shape index (κ3) is 4.47. The van der Waals surface area contributed by atoms with Gasteiger partial charge in [-0.1, -0.05) is 58.9 Å². The van der Waals surface area contributed by atoms with E-state index in [9.17, 15) is 15.3 Å². The van der Waals surface area contributed by atoms with Gasteiger partial charge in [-0.3, -0.25) is 4.79 Å². The number of ether oxygens (including phenoxy) is 1. The number of fused-ring (bicyclic) bond motifs is 2. The first-order valence-corrected chi connectivity index (χ1v) is 12.7. The predicted molar refractivity (Wildman–Crippen MR) is 136 cm³/mol. The summed E-state index contributed by atoms with van der Waals surface area (Å²) in [5.41, 5.74) is 1.08. The largest absolute Gasteiger partial charge is 0.466 e. The van der Waals surface area contributed by atoms with E-state index >= 15 is 0 Å². The van der Waals surface area contributed by atoms with Gasteiger partial charge in [0, 0.05) is 9.50 Å². The van der Waals surface area contributed by atoms with Gasteiger partial charge < -0.3 is 9.15 Å². The molecule has 1 saturated carbocycles. The van der Waals surface area contributed by atoms with Crippen LogP contribution in [0.1, 0.15) is 61.0 Å². The van der Waals surface area contributed by atoms with Gasteiger partial charge >= 0.3 is 0 Å². The molecule has 2 atom stereocenters. The Balaban J connectivity index is 1.73. The van der Waals surface area contributed by atoms with E-state index in [1.807, 2.05) is 24.3 Å². The summed E-state index contributed by atoms with van der Waals surface area (Å²) in [6.45, 7) is 0. The van der Waals surface area contributed by atoms with Gasteiger partial charge in [0.05, 0.1) is 35.0 Å². The second-order valence-corrected chi connectivity index (χ2v) is 10.2. The number of nitriles is 2. The highest BCUT2D eigenvalue weighted by Gasteiger charge is 2.45. The SMILES string of the molecule is N#CC(C#N)[C@@H](c1ccc(Br)cc1)[C@H]1OC(=NC2CCCCC2)c2oc3ccc(Cl)cc3c(=O)c21. The fourth-order valence-corrected chi connectivity index (χ4v) is 5.40. The van der Waals surface area contributed by atoms with E-state index in [-0.39, 0.29) is 28.7 Å². The lowest BCUT2D eigenvalue weighted by Crippen LogP contribution is -2.23. The van der Waals surface area contributed by atoms with Crippen molar-refractivity contribution in [2.45, 2.75) is 50.2 Å². The van der Waals surface area contributed by atoms with Crippen molar-refractivity contribution in [1.29, 1.82) is 10.5 Å². The molecule has 0 spiro atoms. The summed E-state index contributed by atoms with van der Waals surface area (Å²) in [5, 5.41) is 20.4. The lowest BCUT2D eigenvalue weighted by molar-refractivity contribution is 0.162. The van der Waals surface area contributed by atoms with Crippen LogP contribution in [-0.4, -0.2) is 11.9 Å². The Hall–Kier alpha value is -3.13. The van der Waals surface area contributed by atoms with E-state index < -0.39 is 17.9 Å². The molecule has 176 valence electrons. The number of hydrogen-bond acceptors (Lipinski definition) is 6. The van der Waals surface area contributed by atoms with Gasteiger partial charge in [-0.2, -0.15) is 10.5 Å². The lowest BCUT2D eigenvalue weighted by atomic mass is 9.80. The van der Waals surface area contributed by atoms with Crippen molar-refractivity contribution in [3.63, 3.8) is 0 Å². The Morgan fingerprint density at radius 1 is 1.06 bits per heavy atom. The number of benzene rings is 2. The smallest absolute Gasteiger partial charge is 0.254 e. The minimum atomic E-state index is -1.06. The Bertz CT molecular complexity index is 1430. The summed E-state index contributed by atoms with van der Waals surface area (Å²) in [6, 6.07) is 16.5. The van der Waals surface area contributed by atoms with Crippen molar-refractivity contribution in [2.24, 2.45) is 10.9 Å². The average molecular weight is 551 g/mol. The molecule has 0 radical (unpaired) electrons. The molecular formula is C27H21BrClN3O3. The van der Waals surface area contributed by atoms with Crippen LogP contribution >= 0.6 is 27.5 Å². The van der Waals surface area contributed by atoms with Crippen LogP contribution in [0, 0.1) is 28.6 Å². The molecule has 3 aromatic rings. The molecule has 6 nitrogen and oxygen atoms in total. The summed E-state index contributed by atoms with van der Waals surface area (Å²) in [7, 11) is 0. The van der Waals surface area contributed by atoms with Crippen LogP contribution in [0.2, 0.25) is 5.02 Å². The minimum Gasteiger partial charge on any atom is -0.466 e. The maximum absolute atomic E-state index is 13.8. The molecule has 0 bridgehead atoms. The second-order valence-electron chi connectivity index (χ2n) is 8.89. The number of halogens is 2. The summed E-state index contributed by atoms with van der Waals surface area (Å²) in [6.07, 6.45) is 4.33. The molecule has 0 amide bonds. The molecule has 1 aliphatic carbocycles. The van der Waals surface area contributed by atoms with E-state index in [0.717, 1.165) is 30.2 Å². The first-order chi connectivity index (χ1) is 17.0. The van der Waals surface area contributed by atoms with Crippen molar-refractivity contribution >= 4 is 44.4 Å². The molecule has 1 fully saturated rings. The van der Waals surface area contributed by atoms with Crippen molar-refractivity contribution in [3.8, 4) is 12.1 Å². The first kappa shape index (κ1) is 23.6. The molecule has 35 heavy (non-hydrogen) atoms. The molecule has 2 aromatic carbocycles. The highest BCUT2D eigenvalue weighted by molar-refractivity contribution is 9.10. The normalized spacial score (nSPS) is 19.8. The molecule has 8 heteroatoms. The predicted octanol–water partition coefficient (Wildman–Crippen LogP) is 6.81. The summed E-state index contributed by atoms with van der Waals surface area (Å²) in [4.78, 5) is 18.6. The van der Waals surface area contributed by atoms with Gasteiger partial charge in [0.2, 0.25) is 5.43 Å². The third-order valence-electron chi connectivity index (χ3n) is 6.70. The fraction of sp³-hybridized carbons (Fsp3) is 0.333. The topological polar surface area (TPSA) is 99.4 Å². The molecule has 2 heterocycles. The summed E-state index contributed by atoms with van der Waals surface area (Å²) >= 11 is 9.61. The van der Waals surface area contributed by atoms with Crippen LogP contribution < -0.4 is 5.43 Å². The fourth-order valence-electron chi connectivity index (χ4n) is 4.97. The zero-order valence-electron chi connectivity index (χ0n) is 18.7. The number of rotatable bonds is 4. The lowest BCUT2D eigenvalue weighted by Gasteiger charge is -2.24. The van der Waals surface area contributed by atoms with Crippen molar-refractivity contribution in [3.05, 3.63) is 79.1 Å². The molecule has 0 N–H and O–H groups in total. The van der Waals surface area contributed by atoms with Gasteiger partial charge in [-0.15, -0.1) is 0 Å². The van der Waals surface area contributed by atoms with Crippen LogP contribution in [0.4, 0.5) is 0 Å². The first-order valence-electron chi connectivity index (χ1n) is 11.6. The van der Waals surface area contributed by atoms with Crippen LogP contribution in [0.5, 0.6) is 0 Å². The molecule has 2 aliphatic rings. The van der Waals surface area contributed by atoms with E-state index in [4.69, 9.17) is 25.7 Å². The summed E-state index contributed by atoms with van der Waals surface area (Å²) < 4.78 is 13.4. The zero-order chi connectivity index (χ0) is 24.5. The maximum atomic E-state index is 13.8. The third-order valence-corrected chi connectivity index (χ3v) is 7.46. The zero-order valence-corrected chi connectivity index (χ0v) is 21.1. The van der Waals surface area contributed by atoms with Crippen LogP contribution in [0.3, 0.4) is 0 Å². The Labute approximate surface area is 215 Å².